The summed E-state index contributed by atoms with van der Waals surface area (Å²) in [5.41, 5.74) is 0. The van der Waals surface area contributed by atoms with E-state index in [1.807, 2.05) is 0 Å². The summed E-state index contributed by atoms with van der Waals surface area (Å²) >= 11 is -1.83. The Morgan fingerprint density at radius 3 is 2.05 bits per heavy atom. The summed E-state index contributed by atoms with van der Waals surface area (Å²) in [6, 6.07) is 0. The van der Waals surface area contributed by atoms with Crippen molar-refractivity contribution >= 4 is 19.3 Å². The van der Waals surface area contributed by atoms with E-state index in [1.165, 1.54) is 18.1 Å². The quantitative estimate of drug-likeness (QED) is 0.697. The van der Waals surface area contributed by atoms with Gasteiger partial charge < -0.3 is 3.79 Å². The third-order valence-corrected chi connectivity index (χ3v) is 9.33. The van der Waals surface area contributed by atoms with Gasteiger partial charge in [0.25, 0.3) is 0 Å². The van der Waals surface area contributed by atoms with Crippen LogP contribution in [0, 0.1) is 0 Å². The molecule has 3 aliphatic rings. The molecule has 19 heavy (non-hydrogen) atoms. The molecule has 0 aromatic carbocycles. The molecule has 0 radical (unpaired) electrons. The predicted octanol–water partition coefficient (Wildman–Crippen LogP) is 4.14. The van der Waals surface area contributed by atoms with E-state index in [2.05, 4.69) is 47.1 Å². The van der Waals surface area contributed by atoms with Crippen molar-refractivity contribution in [1.82, 2.24) is 0 Å². The van der Waals surface area contributed by atoms with Gasteiger partial charge in [-0.2, -0.15) is 0 Å². The number of rotatable bonds is 2. The van der Waals surface area contributed by atoms with Crippen LogP contribution in [-0.4, -0.2) is 25.9 Å². The van der Waals surface area contributed by atoms with Crippen molar-refractivity contribution in [2.24, 2.45) is 0 Å². The minimum Gasteiger partial charge on any atom is -0.501 e. The molecule has 1 saturated heterocycles. The largest absolute Gasteiger partial charge is 0.501 e. The first-order valence-electron chi connectivity index (χ1n) is 7.30. The molecule has 0 saturated carbocycles. The molecule has 1 heterocycles. The molecule has 0 spiro atoms. The molecule has 0 unspecified atom stereocenters. The molecule has 0 aromatic heterocycles. The van der Waals surface area contributed by atoms with Gasteiger partial charge in [-0.25, -0.2) is 0 Å². The fourth-order valence-electron chi connectivity index (χ4n) is 2.45. The standard InChI is InChI=1S/2C5H5.C4H8O.CH3.CH2.Al.Ti/c2*1-2-4-5-3-1;1-2-3-4-5;;;;/h2*1-3H,4H2;1-4H2;1H3;1H2;;/q;;-1;;;+1;. The van der Waals surface area contributed by atoms with Gasteiger partial charge in [-0.3, -0.25) is 0 Å². The monoisotopic (exact) mass is 306 g/mol. The summed E-state index contributed by atoms with van der Waals surface area (Å²) in [4.78, 5) is 4.35. The molecule has 1 aliphatic heterocycles. The van der Waals surface area contributed by atoms with Crippen LogP contribution in [0.2, 0.25) is 11.1 Å². The van der Waals surface area contributed by atoms with Crippen LogP contribution >= 0.6 is 0 Å². The summed E-state index contributed by atoms with van der Waals surface area (Å²) in [7, 11) is 0. The molecule has 0 amide bonds. The molecule has 1 fully saturated rings. The van der Waals surface area contributed by atoms with Crippen molar-refractivity contribution in [2.45, 2.75) is 36.8 Å². The van der Waals surface area contributed by atoms with Gasteiger partial charge in [-0.05, 0) is 6.42 Å². The van der Waals surface area contributed by atoms with E-state index in [9.17, 15) is 0 Å². The second-order valence-electron chi connectivity index (χ2n) is 5.30. The molecule has 0 atom stereocenters. The second kappa shape index (κ2) is 8.35. The third kappa shape index (κ3) is 5.14. The Hall–Kier alpha value is 0.0368. The van der Waals surface area contributed by atoms with Gasteiger partial charge in [0.15, 0.2) is 0 Å². The van der Waals surface area contributed by atoms with Crippen molar-refractivity contribution in [1.29, 1.82) is 0 Å². The fraction of sp³-hybridized carbons (Fsp3) is 0.438. The van der Waals surface area contributed by atoms with E-state index in [4.69, 9.17) is 3.79 Å². The SMILES string of the molecule is [CH2]=[Ti]([C]1=CC=CC1)[C]1=CC=CC1.[CH3][Al]1[CH2]CCC[O]1. The molecule has 1 nitrogen and oxygen atoms in total. The van der Waals surface area contributed by atoms with E-state index < -0.39 is 31.9 Å². The summed E-state index contributed by atoms with van der Waals surface area (Å²) in [5, 5.41) is 1.40. The van der Waals surface area contributed by atoms with Crippen LogP contribution in [0.1, 0.15) is 25.7 Å². The van der Waals surface area contributed by atoms with Crippen molar-refractivity contribution in [2.75, 3.05) is 6.61 Å². The Morgan fingerprint density at radius 2 is 1.74 bits per heavy atom. The molecular weight excluding hydrogens is 283 g/mol. The third-order valence-electron chi connectivity index (χ3n) is 3.73. The van der Waals surface area contributed by atoms with Gasteiger partial charge >= 0.3 is 93.8 Å². The van der Waals surface area contributed by atoms with Gasteiger partial charge in [0.2, 0.25) is 0 Å². The Labute approximate surface area is 127 Å². The zero-order valence-electron chi connectivity index (χ0n) is 11.9. The van der Waals surface area contributed by atoms with E-state index in [-0.39, 0.29) is 0 Å². The first-order valence-corrected chi connectivity index (χ1v) is 12.4. The van der Waals surface area contributed by atoms with Crippen LogP contribution in [-0.2, 0) is 21.2 Å². The predicted molar refractivity (Wildman–Crippen MR) is 82.4 cm³/mol. The molecule has 2 aliphatic carbocycles. The first kappa shape index (κ1) is 15.4. The van der Waals surface area contributed by atoms with Crippen LogP contribution in [0.5, 0.6) is 0 Å². The minimum atomic E-state index is -1.23. The molecular formula is C16H23AlOTi. The normalized spacial score (nSPS) is 20.8. The van der Waals surface area contributed by atoms with Crippen LogP contribution < -0.4 is 0 Å². The van der Waals surface area contributed by atoms with Crippen LogP contribution in [0.15, 0.2) is 44.2 Å². The number of hydrogen-bond acceptors (Lipinski definition) is 1. The average Bonchev–Trinajstić information content (AvgIpc) is 3.13. The van der Waals surface area contributed by atoms with Crippen molar-refractivity contribution in [3.05, 3.63) is 44.2 Å². The Balaban J connectivity index is 0.000000163. The summed E-state index contributed by atoms with van der Waals surface area (Å²) in [6.45, 7) is 1.05. The molecule has 0 N–H and O–H groups in total. The Bertz CT molecular complexity index is 408. The van der Waals surface area contributed by atoms with Gasteiger partial charge in [0.05, 0.1) is 0 Å². The van der Waals surface area contributed by atoms with Gasteiger partial charge in [0.1, 0.15) is 0 Å². The fourth-order valence-corrected chi connectivity index (χ4v) is 6.76. The second-order valence-corrected chi connectivity index (χ2v) is 11.3. The Morgan fingerprint density at radius 1 is 1.11 bits per heavy atom. The molecule has 0 bridgehead atoms. The molecule has 3 rings (SSSR count). The van der Waals surface area contributed by atoms with E-state index in [0.717, 1.165) is 19.4 Å². The number of hydrogen-bond donors (Lipinski definition) is 0. The van der Waals surface area contributed by atoms with Crippen LogP contribution in [0.3, 0.4) is 0 Å². The van der Waals surface area contributed by atoms with Crippen LogP contribution in [0.4, 0.5) is 0 Å². The Kier molecular flexibility index (Phi) is 6.78. The minimum absolute atomic E-state index is 0.595. The maximum Gasteiger partial charge on any atom is 0.457 e. The summed E-state index contributed by atoms with van der Waals surface area (Å²) in [5.74, 6) is 2.28. The molecule has 0 aromatic rings. The maximum absolute atomic E-state index is 5.42. The topological polar surface area (TPSA) is 9.23 Å². The maximum atomic E-state index is 5.42. The van der Waals surface area contributed by atoms with E-state index in [0.29, 0.717) is 0 Å². The smallest absolute Gasteiger partial charge is 0.457 e. The van der Waals surface area contributed by atoms with E-state index in [1.54, 1.807) is 7.76 Å². The zero-order chi connectivity index (χ0) is 13.5. The van der Waals surface area contributed by atoms with Crippen molar-refractivity contribution < 1.29 is 21.2 Å². The zero-order valence-corrected chi connectivity index (χ0v) is 14.6. The molecule has 3 heteroatoms. The number of allylic oxidation sites excluding steroid dienone is 8. The molecule has 100 valence electrons. The average molecular weight is 306 g/mol. The summed E-state index contributed by atoms with van der Waals surface area (Å²) in [6.07, 6.45) is 18.4. The van der Waals surface area contributed by atoms with Gasteiger partial charge in [-0.15, -0.1) is 0 Å². The van der Waals surface area contributed by atoms with E-state index >= 15 is 0 Å². The first-order chi connectivity index (χ1) is 9.27. The van der Waals surface area contributed by atoms with Gasteiger partial charge in [-0.1, -0.05) is 17.5 Å². The van der Waals surface area contributed by atoms with Crippen LogP contribution in [0.25, 0.3) is 0 Å². The van der Waals surface area contributed by atoms with Crippen molar-refractivity contribution in [3.63, 3.8) is 0 Å². The summed E-state index contributed by atoms with van der Waals surface area (Å²) < 4.78 is 8.65. The van der Waals surface area contributed by atoms with Crippen molar-refractivity contribution in [3.8, 4) is 0 Å². The van der Waals surface area contributed by atoms with Gasteiger partial charge in [0, 0.05) is 6.61 Å².